The van der Waals surface area contributed by atoms with Gasteiger partial charge in [-0.05, 0) is 18.2 Å². The first-order valence-electron chi connectivity index (χ1n) is 5.46. The van der Waals surface area contributed by atoms with Gasteiger partial charge in [0.1, 0.15) is 12.1 Å². The van der Waals surface area contributed by atoms with Gasteiger partial charge in [0.25, 0.3) is 0 Å². The van der Waals surface area contributed by atoms with Gasteiger partial charge in [-0.2, -0.15) is 15.3 Å². The number of aryl methyl sites for hydroxylation is 1. The number of hydrogen-bond acceptors (Lipinski definition) is 4. The number of rotatable bonds is 2. The molecule has 0 radical (unpaired) electrons. The van der Waals surface area contributed by atoms with E-state index in [4.69, 9.17) is 15.3 Å². The smallest absolute Gasteiger partial charge is 0.223 e. The fourth-order valence-electron chi connectivity index (χ4n) is 1.54. The van der Waals surface area contributed by atoms with Gasteiger partial charge in [-0.1, -0.05) is 6.07 Å². The Hall–Kier alpha value is -3.05. The number of pyridine rings is 1. The van der Waals surface area contributed by atoms with Crippen LogP contribution in [0.3, 0.4) is 0 Å². The second-order valence-electron chi connectivity index (χ2n) is 3.84. The highest BCUT2D eigenvalue weighted by Crippen LogP contribution is 2.28. The number of benzene rings is 1. The third-order valence-corrected chi connectivity index (χ3v) is 2.56. The van der Waals surface area contributed by atoms with Crippen LogP contribution in [0.25, 0.3) is 0 Å². The molecular formula is C14H9N3O2. The van der Waals surface area contributed by atoms with Gasteiger partial charge in [-0.15, -0.1) is 0 Å². The largest absolute Gasteiger partial charge is 0.618 e. The average Bonchev–Trinajstić information content (AvgIpc) is 2.43. The minimum Gasteiger partial charge on any atom is -0.618 e. The number of hydrogen-bond donors (Lipinski definition) is 0. The predicted octanol–water partition coefficient (Wildman–Crippen LogP) is 2.16. The Morgan fingerprint density at radius 1 is 1.11 bits per heavy atom. The van der Waals surface area contributed by atoms with Crippen LogP contribution in [-0.2, 0) is 0 Å². The molecule has 2 aromatic rings. The molecular weight excluding hydrogens is 242 g/mol. The van der Waals surface area contributed by atoms with E-state index in [0.717, 1.165) is 0 Å². The maximum Gasteiger partial charge on any atom is 0.223 e. The van der Waals surface area contributed by atoms with Crippen LogP contribution in [0.5, 0.6) is 11.5 Å². The van der Waals surface area contributed by atoms with E-state index < -0.39 is 0 Å². The highest BCUT2D eigenvalue weighted by molar-refractivity contribution is 5.54. The van der Waals surface area contributed by atoms with E-state index in [1.807, 2.05) is 12.1 Å². The molecule has 92 valence electrons. The summed E-state index contributed by atoms with van der Waals surface area (Å²) >= 11 is 0. The van der Waals surface area contributed by atoms with Gasteiger partial charge in [0.15, 0.2) is 17.2 Å². The van der Waals surface area contributed by atoms with Crippen molar-refractivity contribution in [2.24, 2.45) is 0 Å². The summed E-state index contributed by atoms with van der Waals surface area (Å²) in [6, 6.07) is 11.8. The predicted molar refractivity (Wildman–Crippen MR) is 66.1 cm³/mol. The molecule has 5 nitrogen and oxygen atoms in total. The van der Waals surface area contributed by atoms with Crippen molar-refractivity contribution in [3.05, 3.63) is 58.6 Å². The average molecular weight is 251 g/mol. The molecule has 1 aromatic carbocycles. The molecule has 0 fully saturated rings. The zero-order chi connectivity index (χ0) is 13.8. The third-order valence-electron chi connectivity index (χ3n) is 2.56. The zero-order valence-electron chi connectivity index (χ0n) is 10.1. The first-order chi connectivity index (χ1) is 9.15. The van der Waals surface area contributed by atoms with Crippen LogP contribution < -0.4 is 9.47 Å². The Balaban J connectivity index is 2.46. The van der Waals surface area contributed by atoms with E-state index in [9.17, 15) is 5.21 Å². The molecule has 1 aromatic heterocycles. The van der Waals surface area contributed by atoms with Crippen molar-refractivity contribution in [1.29, 1.82) is 10.5 Å². The quantitative estimate of drug-likeness (QED) is 0.604. The second-order valence-corrected chi connectivity index (χ2v) is 3.84. The lowest BCUT2D eigenvalue weighted by molar-refractivity contribution is -0.612. The van der Waals surface area contributed by atoms with Crippen LogP contribution >= 0.6 is 0 Å². The van der Waals surface area contributed by atoms with E-state index in [1.165, 1.54) is 6.20 Å². The summed E-state index contributed by atoms with van der Waals surface area (Å²) in [6.07, 6.45) is 1.25. The lowest BCUT2D eigenvalue weighted by Crippen LogP contribution is -2.28. The van der Waals surface area contributed by atoms with Crippen LogP contribution in [0.2, 0.25) is 0 Å². The van der Waals surface area contributed by atoms with E-state index in [0.29, 0.717) is 10.4 Å². The van der Waals surface area contributed by atoms with Gasteiger partial charge in [-0.25, -0.2) is 0 Å². The van der Waals surface area contributed by atoms with Crippen molar-refractivity contribution >= 4 is 0 Å². The topological polar surface area (TPSA) is 83.8 Å². The zero-order valence-corrected chi connectivity index (χ0v) is 10.1. The molecule has 0 saturated heterocycles. The van der Waals surface area contributed by atoms with Gasteiger partial charge in [0.05, 0.1) is 11.1 Å². The van der Waals surface area contributed by atoms with Crippen LogP contribution in [0.4, 0.5) is 0 Å². The van der Waals surface area contributed by atoms with Crippen molar-refractivity contribution in [2.75, 3.05) is 0 Å². The fraction of sp³-hybridized carbons (Fsp3) is 0.0714. The second kappa shape index (κ2) is 5.07. The molecule has 0 N–H and O–H groups in total. The van der Waals surface area contributed by atoms with Gasteiger partial charge in [-0.3, -0.25) is 0 Å². The molecule has 5 heteroatoms. The van der Waals surface area contributed by atoms with Crippen molar-refractivity contribution in [3.63, 3.8) is 0 Å². The Kier molecular flexibility index (Phi) is 3.31. The van der Waals surface area contributed by atoms with Gasteiger partial charge < -0.3 is 9.94 Å². The highest BCUT2D eigenvalue weighted by atomic mass is 16.5. The normalized spacial score (nSPS) is 9.42. The number of para-hydroxylation sites is 1. The van der Waals surface area contributed by atoms with Crippen molar-refractivity contribution in [2.45, 2.75) is 6.92 Å². The molecule has 0 saturated carbocycles. The Morgan fingerprint density at radius 3 is 2.26 bits per heavy atom. The summed E-state index contributed by atoms with van der Waals surface area (Å²) in [5, 5.41) is 29.5. The maximum absolute atomic E-state index is 11.4. The van der Waals surface area contributed by atoms with Crippen LogP contribution in [0, 0.1) is 34.8 Å². The maximum atomic E-state index is 11.4. The summed E-state index contributed by atoms with van der Waals surface area (Å²) in [4.78, 5) is 0. The molecule has 0 aliphatic heterocycles. The number of aromatic nitrogens is 1. The molecule has 1 heterocycles. The van der Waals surface area contributed by atoms with Crippen molar-refractivity contribution in [3.8, 4) is 23.6 Å². The van der Waals surface area contributed by atoms with Crippen LogP contribution in [0.15, 0.2) is 36.5 Å². The summed E-state index contributed by atoms with van der Waals surface area (Å²) in [6.45, 7) is 1.67. The summed E-state index contributed by atoms with van der Waals surface area (Å²) < 4.78 is 6.16. The Bertz CT molecular complexity index is 679. The molecule has 0 aliphatic carbocycles. The number of nitrogens with zero attached hydrogens (tertiary/aromatic N) is 3. The third kappa shape index (κ3) is 2.46. The van der Waals surface area contributed by atoms with Crippen LogP contribution in [0.1, 0.15) is 16.8 Å². The molecule has 0 spiro atoms. The standard InChI is InChI=1S/C14H9N3O2/c1-10-5-6-13(9-17(10)18)19-14-11(7-15)3-2-4-12(14)8-16/h2-6,9H,1H3. The minimum absolute atomic E-state index is 0.163. The summed E-state index contributed by atoms with van der Waals surface area (Å²) in [5.74, 6) is 0.441. The van der Waals surface area contributed by atoms with Crippen molar-refractivity contribution in [1.82, 2.24) is 0 Å². The monoisotopic (exact) mass is 251 g/mol. The molecule has 0 amide bonds. The van der Waals surface area contributed by atoms with E-state index in [2.05, 4.69) is 0 Å². The van der Waals surface area contributed by atoms with E-state index >= 15 is 0 Å². The first kappa shape index (κ1) is 12.4. The van der Waals surface area contributed by atoms with Gasteiger partial charge >= 0.3 is 0 Å². The summed E-state index contributed by atoms with van der Waals surface area (Å²) in [5.41, 5.74) is 1.02. The molecule has 0 bridgehead atoms. The van der Waals surface area contributed by atoms with E-state index in [-0.39, 0.29) is 22.6 Å². The van der Waals surface area contributed by atoms with Crippen LogP contribution in [-0.4, -0.2) is 0 Å². The van der Waals surface area contributed by atoms with E-state index in [1.54, 1.807) is 37.3 Å². The lowest BCUT2D eigenvalue weighted by Gasteiger charge is -2.09. The highest BCUT2D eigenvalue weighted by Gasteiger charge is 2.12. The minimum atomic E-state index is 0.163. The SMILES string of the molecule is Cc1ccc(Oc2c(C#N)cccc2C#N)c[n+]1[O-]. The van der Waals surface area contributed by atoms with Gasteiger partial charge in [0, 0.05) is 13.0 Å². The molecule has 0 aliphatic rings. The lowest BCUT2D eigenvalue weighted by atomic mass is 10.1. The Labute approximate surface area is 110 Å². The molecule has 0 atom stereocenters. The molecule has 2 rings (SSSR count). The van der Waals surface area contributed by atoms with Crippen molar-refractivity contribution < 1.29 is 9.47 Å². The molecule has 19 heavy (non-hydrogen) atoms. The number of nitriles is 2. The first-order valence-corrected chi connectivity index (χ1v) is 5.46. The number of ether oxygens (including phenoxy) is 1. The molecule has 0 unspecified atom stereocenters. The van der Waals surface area contributed by atoms with Gasteiger partial charge in [0.2, 0.25) is 6.20 Å². The fourth-order valence-corrected chi connectivity index (χ4v) is 1.54. The summed E-state index contributed by atoms with van der Waals surface area (Å²) in [7, 11) is 0. The Morgan fingerprint density at radius 2 is 1.74 bits per heavy atom.